The van der Waals surface area contributed by atoms with Crippen LogP contribution in [-0.4, -0.2) is 30.6 Å². The van der Waals surface area contributed by atoms with E-state index in [1.54, 1.807) is 10.9 Å². The number of nitrogens with zero attached hydrogens (tertiary/aromatic N) is 4. The molecule has 164 valence electrons. The molecule has 1 N–H and O–H groups in total. The van der Waals surface area contributed by atoms with E-state index in [0.717, 1.165) is 29.4 Å². The quantitative estimate of drug-likeness (QED) is 0.658. The first-order valence-electron chi connectivity index (χ1n) is 11.0. The number of fused-ring (bicyclic) bond motifs is 1. The molecule has 2 aromatic heterocycles. The first-order valence-corrected chi connectivity index (χ1v) is 11.0. The van der Waals surface area contributed by atoms with Crippen LogP contribution in [0.4, 0.5) is 0 Å². The van der Waals surface area contributed by atoms with Crippen molar-refractivity contribution in [3.8, 4) is 0 Å². The summed E-state index contributed by atoms with van der Waals surface area (Å²) in [4.78, 5) is 43.6. The molecule has 8 nitrogen and oxygen atoms in total. The van der Waals surface area contributed by atoms with Crippen LogP contribution in [0.2, 0.25) is 0 Å². The molecule has 8 heteroatoms. The van der Waals surface area contributed by atoms with E-state index >= 15 is 0 Å². The van der Waals surface area contributed by atoms with E-state index in [1.165, 1.54) is 11.0 Å². The molecule has 0 bridgehead atoms. The van der Waals surface area contributed by atoms with Gasteiger partial charge in [-0.3, -0.25) is 14.2 Å². The van der Waals surface area contributed by atoms with E-state index in [4.69, 9.17) is 0 Å². The Hall–Kier alpha value is -3.16. The molecule has 4 rings (SSSR count). The zero-order valence-electron chi connectivity index (χ0n) is 18.1. The van der Waals surface area contributed by atoms with E-state index in [2.05, 4.69) is 17.2 Å². The molecule has 31 heavy (non-hydrogen) atoms. The van der Waals surface area contributed by atoms with Crippen molar-refractivity contribution in [1.29, 1.82) is 0 Å². The van der Waals surface area contributed by atoms with E-state index < -0.39 is 11.2 Å². The molecule has 2 atom stereocenters. The summed E-state index contributed by atoms with van der Waals surface area (Å²) in [5, 5.41) is 3.04. The second-order valence-corrected chi connectivity index (χ2v) is 8.38. The number of amides is 1. The highest BCUT2D eigenvalue weighted by Crippen LogP contribution is 2.23. The molecule has 2 heterocycles. The van der Waals surface area contributed by atoms with Crippen LogP contribution < -0.4 is 16.6 Å². The van der Waals surface area contributed by atoms with Crippen LogP contribution in [0.5, 0.6) is 0 Å². The largest absolute Gasteiger partial charge is 0.352 e. The zero-order chi connectivity index (χ0) is 22.0. The smallest absolute Gasteiger partial charge is 0.333 e. The number of rotatable bonds is 6. The average molecular weight is 424 g/mol. The van der Waals surface area contributed by atoms with Gasteiger partial charge in [0.15, 0.2) is 11.2 Å². The Bertz CT molecular complexity index is 1190. The summed E-state index contributed by atoms with van der Waals surface area (Å²) < 4.78 is 4.24. The maximum atomic E-state index is 13.3. The number of benzene rings is 1. The number of carbonyl (C=O) groups excluding carboxylic acids is 1. The van der Waals surface area contributed by atoms with Gasteiger partial charge in [0.05, 0.1) is 12.9 Å². The SMILES string of the molecule is CCn1cnc2c1c(=O)n(CC(=O)NC1CCCCC1C)c(=O)n2Cc1ccccc1. The fraction of sp³-hybridized carbons (Fsp3) is 0.478. The maximum absolute atomic E-state index is 13.3. The summed E-state index contributed by atoms with van der Waals surface area (Å²) in [7, 11) is 0. The topological polar surface area (TPSA) is 90.9 Å². The highest BCUT2D eigenvalue weighted by Gasteiger charge is 2.24. The zero-order valence-corrected chi connectivity index (χ0v) is 18.1. The molecule has 3 aromatic rings. The van der Waals surface area contributed by atoms with Crippen LogP contribution in [0.15, 0.2) is 46.2 Å². The molecule has 2 unspecified atom stereocenters. The number of nitrogens with one attached hydrogen (secondary N) is 1. The summed E-state index contributed by atoms with van der Waals surface area (Å²) in [5.74, 6) is 0.0966. The minimum absolute atomic E-state index is 0.0911. The number of aromatic nitrogens is 4. The lowest BCUT2D eigenvalue weighted by Crippen LogP contribution is -2.47. The minimum atomic E-state index is -0.519. The van der Waals surface area contributed by atoms with E-state index in [9.17, 15) is 14.4 Å². The molecule has 0 aliphatic heterocycles. The van der Waals surface area contributed by atoms with Gasteiger partial charge in [0, 0.05) is 12.6 Å². The monoisotopic (exact) mass is 423 g/mol. The van der Waals surface area contributed by atoms with Crippen LogP contribution >= 0.6 is 0 Å². The second kappa shape index (κ2) is 8.91. The Labute approximate surface area is 180 Å². The van der Waals surface area contributed by atoms with Crippen molar-refractivity contribution >= 4 is 17.1 Å². The molecule has 1 aliphatic carbocycles. The van der Waals surface area contributed by atoms with Crippen LogP contribution in [0.25, 0.3) is 11.2 Å². The third-order valence-electron chi connectivity index (χ3n) is 6.27. The molecule has 1 saturated carbocycles. The molecular weight excluding hydrogens is 394 g/mol. The van der Waals surface area contributed by atoms with Gasteiger partial charge in [-0.25, -0.2) is 14.3 Å². The molecule has 0 radical (unpaired) electrons. The molecular formula is C23H29N5O3. The average Bonchev–Trinajstić information content (AvgIpc) is 3.21. The number of imidazole rings is 1. The van der Waals surface area contributed by atoms with Gasteiger partial charge in [-0.2, -0.15) is 0 Å². The molecule has 1 fully saturated rings. The number of hydrogen-bond acceptors (Lipinski definition) is 4. The summed E-state index contributed by atoms with van der Waals surface area (Å²) in [5.41, 5.74) is 0.614. The Morgan fingerprint density at radius 3 is 2.58 bits per heavy atom. The summed E-state index contributed by atoms with van der Waals surface area (Å²) in [6, 6.07) is 9.64. The lowest BCUT2D eigenvalue weighted by molar-refractivity contribution is -0.123. The van der Waals surface area contributed by atoms with Crippen molar-refractivity contribution in [3.05, 3.63) is 63.1 Å². The summed E-state index contributed by atoms with van der Waals surface area (Å²) >= 11 is 0. The summed E-state index contributed by atoms with van der Waals surface area (Å²) in [6.45, 7) is 4.57. The lowest BCUT2D eigenvalue weighted by atomic mass is 9.86. The molecule has 1 aromatic carbocycles. The Balaban J connectivity index is 1.73. The van der Waals surface area contributed by atoms with Gasteiger partial charge in [0.2, 0.25) is 5.91 Å². The second-order valence-electron chi connectivity index (χ2n) is 8.38. The van der Waals surface area contributed by atoms with Crippen LogP contribution in [-0.2, 0) is 24.4 Å². The highest BCUT2D eigenvalue weighted by atomic mass is 16.2. The van der Waals surface area contributed by atoms with Crippen molar-refractivity contribution < 1.29 is 4.79 Å². The number of hydrogen-bond donors (Lipinski definition) is 1. The van der Waals surface area contributed by atoms with Crippen molar-refractivity contribution in [2.45, 2.75) is 65.2 Å². The molecule has 0 spiro atoms. The van der Waals surface area contributed by atoms with Crippen molar-refractivity contribution in [2.75, 3.05) is 0 Å². The Morgan fingerprint density at radius 1 is 1.13 bits per heavy atom. The molecule has 1 amide bonds. The van der Waals surface area contributed by atoms with Crippen molar-refractivity contribution in [2.24, 2.45) is 5.92 Å². The Kier molecular flexibility index (Phi) is 6.06. The van der Waals surface area contributed by atoms with Gasteiger partial charge in [-0.15, -0.1) is 0 Å². The first-order chi connectivity index (χ1) is 15.0. The Morgan fingerprint density at radius 2 is 1.87 bits per heavy atom. The number of carbonyl (C=O) groups is 1. The van der Waals surface area contributed by atoms with Gasteiger partial charge < -0.3 is 9.88 Å². The highest BCUT2D eigenvalue weighted by molar-refractivity contribution is 5.77. The molecule has 1 aliphatic rings. The normalized spacial score (nSPS) is 18.9. The van der Waals surface area contributed by atoms with Gasteiger partial charge in [0.25, 0.3) is 5.56 Å². The van der Waals surface area contributed by atoms with Crippen LogP contribution in [0.1, 0.15) is 45.1 Å². The van der Waals surface area contributed by atoms with E-state index in [0.29, 0.717) is 23.6 Å². The molecule has 0 saturated heterocycles. The first kappa shape index (κ1) is 21.1. The third-order valence-corrected chi connectivity index (χ3v) is 6.27. The van der Waals surface area contributed by atoms with Gasteiger partial charge in [-0.05, 0) is 31.2 Å². The fourth-order valence-corrected chi connectivity index (χ4v) is 4.45. The van der Waals surface area contributed by atoms with Crippen LogP contribution in [0.3, 0.4) is 0 Å². The van der Waals surface area contributed by atoms with E-state index in [-0.39, 0.29) is 25.0 Å². The summed E-state index contributed by atoms with van der Waals surface area (Å²) in [6.07, 6.45) is 5.84. The lowest BCUT2D eigenvalue weighted by Gasteiger charge is -2.29. The maximum Gasteiger partial charge on any atom is 0.333 e. The van der Waals surface area contributed by atoms with Gasteiger partial charge in [-0.1, -0.05) is 50.1 Å². The minimum Gasteiger partial charge on any atom is -0.352 e. The van der Waals surface area contributed by atoms with Gasteiger partial charge >= 0.3 is 5.69 Å². The fourth-order valence-electron chi connectivity index (χ4n) is 4.45. The predicted octanol–water partition coefficient (Wildman–Crippen LogP) is 2.12. The van der Waals surface area contributed by atoms with Crippen molar-refractivity contribution in [1.82, 2.24) is 24.0 Å². The van der Waals surface area contributed by atoms with E-state index in [1.807, 2.05) is 37.3 Å². The standard InChI is InChI=1S/C23H29N5O3/c1-3-26-15-24-21-20(26)22(30)28(14-19(29)25-18-12-8-7-9-16(18)2)23(31)27(21)13-17-10-5-4-6-11-17/h4-6,10-11,15-16,18H,3,7-9,12-14H2,1-2H3,(H,25,29). The van der Waals surface area contributed by atoms with Crippen molar-refractivity contribution in [3.63, 3.8) is 0 Å². The van der Waals surface area contributed by atoms with Crippen LogP contribution in [0, 0.1) is 5.92 Å². The van der Waals surface area contributed by atoms with Gasteiger partial charge in [0.1, 0.15) is 6.54 Å². The predicted molar refractivity (Wildman–Crippen MR) is 119 cm³/mol. The number of aryl methyl sites for hydroxylation is 1. The third kappa shape index (κ3) is 4.19.